The minimum absolute atomic E-state index is 0.304. The Hall–Kier alpha value is -1.33. The Morgan fingerprint density at radius 1 is 1.53 bits per heavy atom. The molecule has 0 spiro atoms. The van der Waals surface area contributed by atoms with Gasteiger partial charge in [0.25, 0.3) is 0 Å². The van der Waals surface area contributed by atoms with E-state index in [0.29, 0.717) is 12.3 Å². The third-order valence-corrected chi connectivity index (χ3v) is 3.70. The second kappa shape index (κ2) is 6.73. The van der Waals surface area contributed by atoms with Gasteiger partial charge >= 0.3 is 5.97 Å². The van der Waals surface area contributed by atoms with Crippen molar-refractivity contribution in [1.29, 1.82) is 0 Å². The van der Waals surface area contributed by atoms with Crippen LogP contribution in [0.2, 0.25) is 0 Å². The number of nitrogens with one attached hydrogen (secondary N) is 1. The van der Waals surface area contributed by atoms with Gasteiger partial charge in [-0.25, -0.2) is 4.79 Å². The first-order valence-corrected chi connectivity index (χ1v) is 6.74. The van der Waals surface area contributed by atoms with Crippen molar-refractivity contribution in [2.75, 3.05) is 33.8 Å². The minimum Gasteiger partial charge on any atom is -0.463 e. The molecule has 0 atom stereocenters. The van der Waals surface area contributed by atoms with Crippen molar-refractivity contribution in [2.45, 2.75) is 19.4 Å². The van der Waals surface area contributed by atoms with Crippen LogP contribution < -0.4 is 5.32 Å². The number of hydrogen-bond donors (Lipinski definition) is 1. The van der Waals surface area contributed by atoms with Crippen molar-refractivity contribution in [3.63, 3.8) is 0 Å². The number of piperidine rings is 1. The minimum atomic E-state index is -0.416. The summed E-state index contributed by atoms with van der Waals surface area (Å²) in [5.74, 6) is 0.615. The van der Waals surface area contributed by atoms with Gasteiger partial charge in [-0.15, -0.1) is 0 Å². The molecule has 1 aromatic rings. The monoisotopic (exact) mass is 266 g/mol. The van der Waals surface area contributed by atoms with Crippen molar-refractivity contribution in [3.8, 4) is 0 Å². The highest BCUT2D eigenvalue weighted by atomic mass is 16.5. The zero-order valence-electron chi connectivity index (χ0n) is 11.6. The summed E-state index contributed by atoms with van der Waals surface area (Å²) in [6.45, 7) is 3.98. The molecule has 1 N–H and O–H groups in total. The van der Waals surface area contributed by atoms with E-state index in [1.54, 1.807) is 0 Å². The van der Waals surface area contributed by atoms with Gasteiger partial charge in [-0.05, 0) is 51.5 Å². The fourth-order valence-corrected chi connectivity index (χ4v) is 2.42. The Balaban J connectivity index is 1.77. The van der Waals surface area contributed by atoms with E-state index in [0.717, 1.165) is 18.0 Å². The Kier molecular flexibility index (Phi) is 4.99. The fraction of sp³-hybridized carbons (Fsp3) is 0.643. The van der Waals surface area contributed by atoms with E-state index >= 15 is 0 Å². The van der Waals surface area contributed by atoms with Crippen LogP contribution in [-0.4, -0.2) is 44.7 Å². The van der Waals surface area contributed by atoms with E-state index < -0.39 is 5.97 Å². The average Bonchev–Trinajstić information content (AvgIpc) is 2.88. The Bertz CT molecular complexity index is 409. The third-order valence-electron chi connectivity index (χ3n) is 3.70. The van der Waals surface area contributed by atoms with Gasteiger partial charge in [0.2, 0.25) is 5.76 Å². The van der Waals surface area contributed by atoms with Crippen molar-refractivity contribution >= 4 is 5.97 Å². The topological polar surface area (TPSA) is 54.7 Å². The third kappa shape index (κ3) is 3.81. The van der Waals surface area contributed by atoms with Gasteiger partial charge in [0, 0.05) is 12.1 Å². The predicted molar refractivity (Wildman–Crippen MR) is 72.0 cm³/mol. The molecule has 0 aliphatic carbocycles. The molecule has 2 rings (SSSR count). The lowest BCUT2D eigenvalue weighted by atomic mass is 9.97. The zero-order valence-corrected chi connectivity index (χ0v) is 11.6. The molecular weight excluding hydrogens is 244 g/mol. The van der Waals surface area contributed by atoms with Gasteiger partial charge in [0.15, 0.2) is 0 Å². The van der Waals surface area contributed by atoms with Crippen molar-refractivity contribution in [3.05, 3.63) is 23.7 Å². The van der Waals surface area contributed by atoms with Crippen LogP contribution in [0, 0.1) is 5.92 Å². The lowest BCUT2D eigenvalue weighted by Crippen LogP contribution is -2.34. The maximum Gasteiger partial charge on any atom is 0.374 e. The summed E-state index contributed by atoms with van der Waals surface area (Å²) in [7, 11) is 3.53. The number of rotatable bonds is 5. The molecule has 0 saturated carbocycles. The standard InChI is InChI=1S/C14H22N2O3/c1-16-6-3-11(4-7-16)9-15-10-12-5-8-19-13(12)14(17)18-2/h5,8,11,15H,3-4,6-7,9-10H2,1-2H3. The largest absolute Gasteiger partial charge is 0.463 e. The smallest absolute Gasteiger partial charge is 0.374 e. The van der Waals surface area contributed by atoms with Crippen LogP contribution >= 0.6 is 0 Å². The van der Waals surface area contributed by atoms with E-state index in [2.05, 4.69) is 22.0 Å². The number of esters is 1. The van der Waals surface area contributed by atoms with Gasteiger partial charge in [0.05, 0.1) is 13.4 Å². The molecule has 0 radical (unpaired) electrons. The molecule has 0 aromatic carbocycles. The molecule has 106 valence electrons. The highest BCUT2D eigenvalue weighted by Crippen LogP contribution is 2.16. The Morgan fingerprint density at radius 3 is 2.95 bits per heavy atom. The molecule has 1 aliphatic rings. The van der Waals surface area contributed by atoms with Crippen molar-refractivity contribution in [1.82, 2.24) is 10.2 Å². The van der Waals surface area contributed by atoms with Crippen LogP contribution in [-0.2, 0) is 11.3 Å². The molecule has 2 heterocycles. The van der Waals surface area contributed by atoms with Crippen LogP contribution in [0.1, 0.15) is 29.0 Å². The average molecular weight is 266 g/mol. The van der Waals surface area contributed by atoms with Gasteiger partial charge in [-0.2, -0.15) is 0 Å². The maximum absolute atomic E-state index is 11.4. The Morgan fingerprint density at radius 2 is 2.26 bits per heavy atom. The van der Waals surface area contributed by atoms with Crippen LogP contribution in [0.4, 0.5) is 0 Å². The number of carbonyl (C=O) groups is 1. The molecule has 0 amide bonds. The van der Waals surface area contributed by atoms with E-state index in [-0.39, 0.29) is 0 Å². The molecule has 0 unspecified atom stereocenters. The maximum atomic E-state index is 11.4. The molecule has 1 fully saturated rings. The predicted octanol–water partition coefficient (Wildman–Crippen LogP) is 1.50. The van der Waals surface area contributed by atoms with Gasteiger partial charge in [0.1, 0.15) is 0 Å². The van der Waals surface area contributed by atoms with Crippen LogP contribution in [0.3, 0.4) is 0 Å². The van der Waals surface area contributed by atoms with Crippen molar-refractivity contribution in [2.24, 2.45) is 5.92 Å². The molecule has 1 saturated heterocycles. The SMILES string of the molecule is COC(=O)c1occc1CNCC1CCN(C)CC1. The molecular formula is C14H22N2O3. The summed E-state index contributed by atoms with van der Waals surface area (Å²) in [5.41, 5.74) is 0.861. The van der Waals surface area contributed by atoms with Crippen LogP contribution in [0.5, 0.6) is 0 Å². The molecule has 5 heteroatoms. The van der Waals surface area contributed by atoms with E-state index in [1.807, 2.05) is 6.07 Å². The van der Waals surface area contributed by atoms with Crippen molar-refractivity contribution < 1.29 is 13.9 Å². The van der Waals surface area contributed by atoms with E-state index in [4.69, 9.17) is 4.42 Å². The summed E-state index contributed by atoms with van der Waals surface area (Å²) in [6.07, 6.45) is 4.00. The molecule has 5 nitrogen and oxygen atoms in total. The van der Waals surface area contributed by atoms with Crippen LogP contribution in [0.15, 0.2) is 16.7 Å². The lowest BCUT2D eigenvalue weighted by molar-refractivity contribution is 0.0563. The fourth-order valence-electron chi connectivity index (χ4n) is 2.42. The quantitative estimate of drug-likeness (QED) is 0.818. The summed E-state index contributed by atoms with van der Waals surface area (Å²) >= 11 is 0. The van der Waals surface area contributed by atoms with Gasteiger partial charge in [-0.3, -0.25) is 0 Å². The molecule has 1 aromatic heterocycles. The summed E-state index contributed by atoms with van der Waals surface area (Å²) in [5, 5.41) is 3.41. The number of furan rings is 1. The number of nitrogens with zero attached hydrogens (tertiary/aromatic N) is 1. The zero-order chi connectivity index (χ0) is 13.7. The highest BCUT2D eigenvalue weighted by Gasteiger charge is 2.18. The number of likely N-dealkylation sites (tertiary alicyclic amines) is 1. The highest BCUT2D eigenvalue weighted by molar-refractivity contribution is 5.87. The normalized spacial score (nSPS) is 17.6. The number of carbonyl (C=O) groups excluding carboxylic acids is 1. The number of ether oxygens (including phenoxy) is 1. The van der Waals surface area contributed by atoms with Crippen LogP contribution in [0.25, 0.3) is 0 Å². The van der Waals surface area contributed by atoms with E-state index in [9.17, 15) is 4.79 Å². The number of methoxy groups -OCH3 is 1. The second-order valence-electron chi connectivity index (χ2n) is 5.14. The summed E-state index contributed by atoms with van der Waals surface area (Å²) in [4.78, 5) is 13.8. The summed E-state index contributed by atoms with van der Waals surface area (Å²) in [6, 6.07) is 1.81. The van der Waals surface area contributed by atoms with E-state index in [1.165, 1.54) is 39.3 Å². The first-order chi connectivity index (χ1) is 9.20. The van der Waals surface area contributed by atoms with Gasteiger partial charge in [-0.1, -0.05) is 0 Å². The molecule has 19 heavy (non-hydrogen) atoms. The molecule has 0 bridgehead atoms. The Labute approximate surface area is 113 Å². The second-order valence-corrected chi connectivity index (χ2v) is 5.14. The molecule has 1 aliphatic heterocycles. The first-order valence-electron chi connectivity index (χ1n) is 6.74. The summed E-state index contributed by atoms with van der Waals surface area (Å²) < 4.78 is 9.83. The first kappa shape index (κ1) is 14.1. The van der Waals surface area contributed by atoms with Gasteiger partial charge < -0.3 is 19.4 Å². The lowest BCUT2D eigenvalue weighted by Gasteiger charge is -2.29. The number of hydrogen-bond acceptors (Lipinski definition) is 5.